The molecule has 0 aliphatic carbocycles. The SMILES string of the molecule is Cc1ccc(CN(C2CC(=O)N(c3ccc(C(C)C)cc3)C2=O)S(=O)(=O)c2ccc(Br)cc2)cc1. The van der Waals surface area contributed by atoms with Gasteiger partial charge in [0.2, 0.25) is 15.9 Å². The van der Waals surface area contributed by atoms with Crippen molar-refractivity contribution < 1.29 is 18.0 Å². The number of hydrogen-bond acceptors (Lipinski definition) is 4. The number of benzene rings is 3. The van der Waals surface area contributed by atoms with Gasteiger partial charge in [0.1, 0.15) is 6.04 Å². The Bertz CT molecular complexity index is 1340. The van der Waals surface area contributed by atoms with Gasteiger partial charge in [-0.3, -0.25) is 9.59 Å². The molecule has 0 spiro atoms. The third-order valence-electron chi connectivity index (χ3n) is 6.17. The molecule has 4 rings (SSSR count). The molecule has 1 unspecified atom stereocenters. The molecule has 1 atom stereocenters. The summed E-state index contributed by atoms with van der Waals surface area (Å²) in [5.74, 6) is -0.653. The number of nitrogens with zero attached hydrogens (tertiary/aromatic N) is 2. The van der Waals surface area contributed by atoms with E-state index in [9.17, 15) is 18.0 Å². The van der Waals surface area contributed by atoms with Gasteiger partial charge >= 0.3 is 0 Å². The van der Waals surface area contributed by atoms with E-state index in [1.165, 1.54) is 12.1 Å². The van der Waals surface area contributed by atoms with E-state index in [4.69, 9.17) is 0 Å². The molecule has 35 heavy (non-hydrogen) atoms. The van der Waals surface area contributed by atoms with Gasteiger partial charge in [-0.1, -0.05) is 71.7 Å². The summed E-state index contributed by atoms with van der Waals surface area (Å²) in [4.78, 5) is 27.7. The topological polar surface area (TPSA) is 74.8 Å². The van der Waals surface area contributed by atoms with Crippen molar-refractivity contribution >= 4 is 43.5 Å². The summed E-state index contributed by atoms with van der Waals surface area (Å²) in [6.07, 6.45) is -0.216. The van der Waals surface area contributed by atoms with Crippen LogP contribution in [-0.2, 0) is 26.2 Å². The first-order valence-corrected chi connectivity index (χ1v) is 13.6. The zero-order valence-corrected chi connectivity index (χ0v) is 22.2. The number of anilines is 1. The Kier molecular flexibility index (Phi) is 7.26. The summed E-state index contributed by atoms with van der Waals surface area (Å²) < 4.78 is 29.4. The molecule has 0 saturated carbocycles. The Labute approximate surface area is 214 Å². The van der Waals surface area contributed by atoms with Crippen LogP contribution in [0.3, 0.4) is 0 Å². The molecule has 1 heterocycles. The van der Waals surface area contributed by atoms with Gasteiger partial charge in [0.25, 0.3) is 5.91 Å². The van der Waals surface area contributed by atoms with Crippen LogP contribution in [0.4, 0.5) is 5.69 Å². The van der Waals surface area contributed by atoms with Gasteiger partial charge in [-0.2, -0.15) is 4.31 Å². The molecule has 0 bridgehead atoms. The molecule has 8 heteroatoms. The van der Waals surface area contributed by atoms with Crippen molar-refractivity contribution in [2.75, 3.05) is 4.90 Å². The van der Waals surface area contributed by atoms with Crippen LogP contribution < -0.4 is 4.90 Å². The lowest BCUT2D eigenvalue weighted by Crippen LogP contribution is -2.45. The third-order valence-corrected chi connectivity index (χ3v) is 8.57. The van der Waals surface area contributed by atoms with Crippen molar-refractivity contribution in [3.8, 4) is 0 Å². The largest absolute Gasteiger partial charge is 0.274 e. The monoisotopic (exact) mass is 554 g/mol. The minimum Gasteiger partial charge on any atom is -0.274 e. The van der Waals surface area contributed by atoms with Crippen LogP contribution in [0.25, 0.3) is 0 Å². The number of hydrogen-bond donors (Lipinski definition) is 0. The lowest BCUT2D eigenvalue weighted by atomic mass is 10.0. The van der Waals surface area contributed by atoms with Crippen molar-refractivity contribution in [3.63, 3.8) is 0 Å². The Morgan fingerprint density at radius 2 is 1.54 bits per heavy atom. The quantitative estimate of drug-likeness (QED) is 0.366. The normalized spacial score (nSPS) is 16.5. The van der Waals surface area contributed by atoms with E-state index in [0.717, 1.165) is 30.4 Å². The minimum absolute atomic E-state index is 0.0253. The molecule has 6 nitrogen and oxygen atoms in total. The molecule has 2 amide bonds. The number of carbonyl (C=O) groups is 2. The van der Waals surface area contributed by atoms with Crippen molar-refractivity contribution in [1.29, 1.82) is 0 Å². The lowest BCUT2D eigenvalue weighted by molar-refractivity contribution is -0.122. The first-order chi connectivity index (χ1) is 16.6. The Balaban J connectivity index is 1.72. The number of sulfonamides is 1. The molecule has 0 radical (unpaired) electrons. The second-order valence-corrected chi connectivity index (χ2v) is 11.8. The fourth-order valence-corrected chi connectivity index (χ4v) is 5.93. The van der Waals surface area contributed by atoms with E-state index in [0.29, 0.717) is 11.6 Å². The van der Waals surface area contributed by atoms with Crippen LogP contribution in [0.5, 0.6) is 0 Å². The summed E-state index contributed by atoms with van der Waals surface area (Å²) in [6.45, 7) is 6.05. The molecule has 3 aromatic rings. The van der Waals surface area contributed by atoms with Gasteiger partial charge in [0.05, 0.1) is 17.0 Å². The summed E-state index contributed by atoms with van der Waals surface area (Å²) >= 11 is 3.33. The second kappa shape index (κ2) is 10.0. The highest BCUT2D eigenvalue weighted by Crippen LogP contribution is 2.31. The zero-order chi connectivity index (χ0) is 25.3. The lowest BCUT2D eigenvalue weighted by Gasteiger charge is -2.27. The smallest absolute Gasteiger partial charge is 0.252 e. The predicted octanol–water partition coefficient (Wildman–Crippen LogP) is 5.40. The molecule has 1 aliphatic heterocycles. The van der Waals surface area contributed by atoms with Crippen molar-refractivity contribution in [1.82, 2.24) is 4.31 Å². The molecule has 182 valence electrons. The van der Waals surface area contributed by atoms with Crippen molar-refractivity contribution in [3.05, 3.63) is 94.0 Å². The van der Waals surface area contributed by atoms with Crippen LogP contribution in [-0.4, -0.2) is 30.6 Å². The van der Waals surface area contributed by atoms with E-state index >= 15 is 0 Å². The number of imide groups is 1. The molecular weight excluding hydrogens is 528 g/mol. The summed E-state index contributed by atoms with van der Waals surface area (Å²) in [5.41, 5.74) is 3.31. The van der Waals surface area contributed by atoms with E-state index in [1.54, 1.807) is 24.3 Å². The number of carbonyl (C=O) groups excluding carboxylic acids is 2. The molecular formula is C27H27BrN2O4S. The van der Waals surface area contributed by atoms with Crippen LogP contribution >= 0.6 is 15.9 Å². The average Bonchev–Trinajstić information content (AvgIpc) is 3.12. The minimum atomic E-state index is -4.08. The van der Waals surface area contributed by atoms with E-state index in [-0.39, 0.29) is 17.9 Å². The maximum atomic E-state index is 13.7. The van der Waals surface area contributed by atoms with E-state index < -0.39 is 27.9 Å². The summed E-state index contributed by atoms with van der Waals surface area (Å²) in [5, 5.41) is 0. The molecule has 3 aromatic carbocycles. The van der Waals surface area contributed by atoms with Gasteiger partial charge in [0.15, 0.2) is 0 Å². The summed E-state index contributed by atoms with van der Waals surface area (Å²) in [7, 11) is -4.08. The zero-order valence-electron chi connectivity index (χ0n) is 19.8. The second-order valence-electron chi connectivity index (χ2n) is 9.02. The Hall–Kier alpha value is -2.81. The third kappa shape index (κ3) is 5.24. The molecule has 0 N–H and O–H groups in total. The number of aryl methyl sites for hydroxylation is 1. The van der Waals surface area contributed by atoms with E-state index in [2.05, 4.69) is 29.8 Å². The number of rotatable bonds is 7. The maximum Gasteiger partial charge on any atom is 0.252 e. The molecule has 1 aliphatic rings. The standard InChI is InChI=1S/C27H27BrN2O4S/c1-18(2)21-8-12-23(13-9-21)30-26(31)16-25(27(30)32)29(17-20-6-4-19(3)5-7-20)35(33,34)24-14-10-22(28)11-15-24/h4-15,18,25H,16-17H2,1-3H3. The first-order valence-electron chi connectivity index (χ1n) is 11.4. The fourth-order valence-electron chi connectivity index (χ4n) is 4.10. The van der Waals surface area contributed by atoms with Gasteiger partial charge in [-0.05, 0) is 60.4 Å². The Morgan fingerprint density at radius 1 is 0.943 bits per heavy atom. The Morgan fingerprint density at radius 3 is 2.11 bits per heavy atom. The van der Waals surface area contributed by atoms with Gasteiger partial charge in [-0.25, -0.2) is 13.3 Å². The maximum absolute atomic E-state index is 13.7. The van der Waals surface area contributed by atoms with Crippen LogP contribution in [0.15, 0.2) is 82.2 Å². The van der Waals surface area contributed by atoms with Gasteiger partial charge in [0, 0.05) is 11.0 Å². The van der Waals surface area contributed by atoms with Crippen molar-refractivity contribution in [2.45, 2.75) is 50.6 Å². The summed E-state index contributed by atoms with van der Waals surface area (Å²) in [6, 6.07) is 19.8. The predicted molar refractivity (Wildman–Crippen MR) is 139 cm³/mol. The van der Waals surface area contributed by atoms with Crippen LogP contribution in [0, 0.1) is 6.92 Å². The highest BCUT2D eigenvalue weighted by atomic mass is 79.9. The first kappa shape index (κ1) is 25.3. The number of amides is 2. The van der Waals surface area contributed by atoms with Crippen molar-refractivity contribution in [2.24, 2.45) is 0 Å². The highest BCUT2D eigenvalue weighted by molar-refractivity contribution is 9.10. The van der Waals surface area contributed by atoms with E-state index in [1.807, 2.05) is 43.3 Å². The van der Waals surface area contributed by atoms with Crippen LogP contribution in [0.1, 0.15) is 42.9 Å². The highest BCUT2D eigenvalue weighted by Gasteiger charge is 2.47. The van der Waals surface area contributed by atoms with Crippen LogP contribution in [0.2, 0.25) is 0 Å². The molecule has 1 fully saturated rings. The molecule has 1 saturated heterocycles. The van der Waals surface area contributed by atoms with Gasteiger partial charge in [-0.15, -0.1) is 0 Å². The average molecular weight is 555 g/mol. The fraction of sp³-hybridized carbons (Fsp3) is 0.259. The van der Waals surface area contributed by atoms with Gasteiger partial charge < -0.3 is 0 Å². The molecule has 0 aromatic heterocycles. The number of halogens is 1.